The number of aromatic amines is 1. The summed E-state index contributed by atoms with van der Waals surface area (Å²) >= 11 is 0. The van der Waals surface area contributed by atoms with E-state index in [0.717, 1.165) is 29.6 Å². The van der Waals surface area contributed by atoms with E-state index >= 15 is 0 Å². The zero-order valence-corrected chi connectivity index (χ0v) is 12.1. The smallest absolute Gasteiger partial charge is 0.376 e. The fraction of sp³-hybridized carbons (Fsp3) is 0.385. The molecule has 1 aliphatic rings. The Morgan fingerprint density at radius 1 is 1.32 bits per heavy atom. The van der Waals surface area contributed by atoms with E-state index in [9.17, 15) is 21.6 Å². The number of nitrogens with one attached hydrogen (secondary N) is 1. The van der Waals surface area contributed by atoms with Gasteiger partial charge in [0.1, 0.15) is 5.75 Å². The van der Waals surface area contributed by atoms with Gasteiger partial charge in [-0.15, -0.1) is 0 Å². The Morgan fingerprint density at radius 3 is 2.73 bits per heavy atom. The molecule has 0 saturated carbocycles. The highest BCUT2D eigenvalue weighted by Gasteiger charge is 2.48. The molecule has 1 heterocycles. The maximum atomic E-state index is 12.4. The molecule has 0 fully saturated rings. The molecule has 3 N–H and O–H groups in total. The Balaban J connectivity index is 2.02. The molecule has 1 aromatic heterocycles. The van der Waals surface area contributed by atoms with E-state index in [1.165, 1.54) is 18.2 Å². The quantitative estimate of drug-likeness (QED) is 0.651. The van der Waals surface area contributed by atoms with Crippen molar-refractivity contribution >= 4 is 21.0 Å². The van der Waals surface area contributed by atoms with Crippen molar-refractivity contribution in [3.63, 3.8) is 0 Å². The van der Waals surface area contributed by atoms with Crippen molar-refractivity contribution in [1.29, 1.82) is 0 Å². The molecule has 0 radical (unpaired) electrons. The minimum Gasteiger partial charge on any atom is -0.376 e. The van der Waals surface area contributed by atoms with Crippen LogP contribution in [0.3, 0.4) is 0 Å². The number of halogens is 3. The lowest BCUT2D eigenvalue weighted by molar-refractivity contribution is -0.0500. The van der Waals surface area contributed by atoms with E-state index in [4.69, 9.17) is 5.73 Å². The topological polar surface area (TPSA) is 85.2 Å². The van der Waals surface area contributed by atoms with Crippen molar-refractivity contribution in [1.82, 2.24) is 4.98 Å². The van der Waals surface area contributed by atoms with Gasteiger partial charge in [-0.05, 0) is 43.0 Å². The molecule has 1 atom stereocenters. The molecule has 0 saturated heterocycles. The summed E-state index contributed by atoms with van der Waals surface area (Å²) in [6.07, 6.45) is 2.17. The third-order valence-corrected chi connectivity index (χ3v) is 4.67. The number of alkyl halides is 3. The number of aryl methyl sites for hydroxylation is 1. The summed E-state index contributed by atoms with van der Waals surface area (Å²) in [5.41, 5.74) is 3.05. The molecular weight excluding hydrogens is 321 g/mol. The first-order valence-corrected chi connectivity index (χ1v) is 7.98. The summed E-state index contributed by atoms with van der Waals surface area (Å²) in [7, 11) is -5.67. The van der Waals surface area contributed by atoms with E-state index in [1.807, 2.05) is 0 Å². The molecule has 120 valence electrons. The average Bonchev–Trinajstić information content (AvgIpc) is 2.74. The van der Waals surface area contributed by atoms with Gasteiger partial charge in [0.25, 0.3) is 0 Å². The highest BCUT2D eigenvalue weighted by molar-refractivity contribution is 7.88. The van der Waals surface area contributed by atoms with Crippen LogP contribution < -0.4 is 9.92 Å². The monoisotopic (exact) mass is 334 g/mol. The van der Waals surface area contributed by atoms with Crippen LogP contribution in [0.1, 0.15) is 17.7 Å². The minimum atomic E-state index is -5.67. The first kappa shape index (κ1) is 15.2. The molecule has 9 heteroatoms. The summed E-state index contributed by atoms with van der Waals surface area (Å²) in [5.74, 6) is -0.370. The summed E-state index contributed by atoms with van der Waals surface area (Å²) in [6.45, 7) is 0. The van der Waals surface area contributed by atoms with Crippen LogP contribution in [-0.4, -0.2) is 25.0 Å². The van der Waals surface area contributed by atoms with Crippen molar-refractivity contribution in [3.8, 4) is 5.75 Å². The maximum Gasteiger partial charge on any atom is 0.534 e. The van der Waals surface area contributed by atoms with E-state index in [2.05, 4.69) is 9.17 Å². The summed E-state index contributed by atoms with van der Waals surface area (Å²) in [6, 6.07) is 3.97. The van der Waals surface area contributed by atoms with Gasteiger partial charge in [-0.2, -0.15) is 21.6 Å². The summed E-state index contributed by atoms with van der Waals surface area (Å²) in [4.78, 5) is 3.17. The third kappa shape index (κ3) is 2.54. The summed E-state index contributed by atoms with van der Waals surface area (Å²) < 4.78 is 63.4. The number of benzene rings is 1. The van der Waals surface area contributed by atoms with Crippen molar-refractivity contribution in [2.75, 3.05) is 0 Å². The second kappa shape index (κ2) is 4.88. The molecule has 0 spiro atoms. The van der Waals surface area contributed by atoms with Gasteiger partial charge in [-0.1, -0.05) is 0 Å². The number of rotatable bonds is 2. The molecule has 1 aromatic carbocycles. The fourth-order valence-electron chi connectivity index (χ4n) is 2.65. The molecule has 0 aliphatic heterocycles. The Bertz CT molecular complexity index is 827. The zero-order chi connectivity index (χ0) is 16.1. The van der Waals surface area contributed by atoms with Crippen molar-refractivity contribution in [2.24, 2.45) is 5.73 Å². The molecule has 22 heavy (non-hydrogen) atoms. The van der Waals surface area contributed by atoms with Crippen LogP contribution in [0.2, 0.25) is 0 Å². The fourth-order valence-corrected chi connectivity index (χ4v) is 3.10. The van der Waals surface area contributed by atoms with Crippen LogP contribution in [-0.2, 0) is 23.0 Å². The van der Waals surface area contributed by atoms with Crippen LogP contribution >= 0.6 is 0 Å². The van der Waals surface area contributed by atoms with Crippen LogP contribution in [0.4, 0.5) is 13.2 Å². The SMILES string of the molecule is NC1CCc2[nH]c3ccc(OS(=O)(=O)C(F)(F)F)cc3c2C1. The first-order valence-electron chi connectivity index (χ1n) is 6.57. The lowest BCUT2D eigenvalue weighted by Crippen LogP contribution is -2.28. The third-order valence-electron chi connectivity index (χ3n) is 3.69. The molecule has 1 aliphatic carbocycles. The normalized spacial score (nSPS) is 19.2. The van der Waals surface area contributed by atoms with Crippen molar-refractivity contribution < 1.29 is 25.8 Å². The lowest BCUT2D eigenvalue weighted by atomic mass is 9.92. The lowest BCUT2D eigenvalue weighted by Gasteiger charge is -2.18. The Kier molecular flexibility index (Phi) is 3.37. The van der Waals surface area contributed by atoms with E-state index in [1.54, 1.807) is 0 Å². The summed E-state index contributed by atoms with van der Waals surface area (Å²) in [5, 5.41) is 0.639. The van der Waals surface area contributed by atoms with Crippen molar-refractivity contribution in [3.05, 3.63) is 29.5 Å². The molecule has 0 bridgehead atoms. The number of hydrogen-bond acceptors (Lipinski definition) is 4. The minimum absolute atomic E-state index is 0.0185. The Morgan fingerprint density at radius 2 is 2.05 bits per heavy atom. The largest absolute Gasteiger partial charge is 0.534 e. The molecule has 1 unspecified atom stereocenters. The molecule has 5 nitrogen and oxygen atoms in total. The molecule has 0 amide bonds. The molecular formula is C13H13F3N2O3S. The highest BCUT2D eigenvalue weighted by Crippen LogP contribution is 2.33. The average molecular weight is 334 g/mol. The van der Waals surface area contributed by atoms with Gasteiger partial charge >= 0.3 is 15.6 Å². The van der Waals surface area contributed by atoms with Gasteiger partial charge in [0.15, 0.2) is 0 Å². The van der Waals surface area contributed by atoms with Gasteiger partial charge in [0, 0.05) is 22.6 Å². The zero-order valence-electron chi connectivity index (χ0n) is 11.3. The first-order chi connectivity index (χ1) is 10.2. The van der Waals surface area contributed by atoms with E-state index in [-0.39, 0.29) is 11.8 Å². The van der Waals surface area contributed by atoms with Gasteiger partial charge in [0.2, 0.25) is 0 Å². The second-order valence-corrected chi connectivity index (χ2v) is 6.81. The van der Waals surface area contributed by atoms with Gasteiger partial charge in [-0.3, -0.25) is 0 Å². The molecule has 3 rings (SSSR count). The molecule has 2 aromatic rings. The van der Waals surface area contributed by atoms with E-state index in [0.29, 0.717) is 11.8 Å². The number of aromatic nitrogens is 1. The van der Waals surface area contributed by atoms with Gasteiger partial charge < -0.3 is 14.9 Å². The predicted octanol–water partition coefficient (Wildman–Crippen LogP) is 2.21. The van der Waals surface area contributed by atoms with Crippen LogP contribution in [0.25, 0.3) is 10.9 Å². The van der Waals surface area contributed by atoms with Crippen LogP contribution in [0.5, 0.6) is 5.75 Å². The second-order valence-electron chi connectivity index (χ2n) is 5.28. The van der Waals surface area contributed by atoms with Gasteiger partial charge in [0.05, 0.1) is 0 Å². The number of hydrogen-bond donors (Lipinski definition) is 2. The van der Waals surface area contributed by atoms with E-state index < -0.39 is 15.6 Å². The highest BCUT2D eigenvalue weighted by atomic mass is 32.2. The number of H-pyrrole nitrogens is 1. The van der Waals surface area contributed by atoms with Gasteiger partial charge in [-0.25, -0.2) is 0 Å². The predicted molar refractivity (Wildman–Crippen MR) is 73.9 cm³/mol. The van der Waals surface area contributed by atoms with Crippen LogP contribution in [0, 0.1) is 0 Å². The van der Waals surface area contributed by atoms with Crippen LogP contribution in [0.15, 0.2) is 18.2 Å². The number of nitrogens with two attached hydrogens (primary N) is 1. The Labute approximate surface area is 124 Å². The standard InChI is InChI=1S/C13H13F3N2O3S/c14-13(15,16)22(19,20)21-8-2-4-12-10(6-8)9-5-7(17)1-3-11(9)18-12/h2,4,6-7,18H,1,3,5,17H2. The maximum absolute atomic E-state index is 12.4. The Hall–Kier alpha value is -1.74. The van der Waals surface area contributed by atoms with Crippen molar-refractivity contribution in [2.45, 2.75) is 30.8 Å². The number of fused-ring (bicyclic) bond motifs is 3.